The van der Waals surface area contributed by atoms with E-state index in [4.69, 9.17) is 0 Å². The van der Waals surface area contributed by atoms with Crippen molar-refractivity contribution in [3.05, 3.63) is 59.7 Å². The summed E-state index contributed by atoms with van der Waals surface area (Å²) in [7, 11) is 0. The molecule has 30 heavy (non-hydrogen) atoms. The molecule has 0 amide bonds. The molecule has 0 aliphatic heterocycles. The number of nitriles is 1. The van der Waals surface area contributed by atoms with Crippen molar-refractivity contribution < 1.29 is 0 Å². The molecule has 0 aromatic heterocycles. The van der Waals surface area contributed by atoms with Crippen LogP contribution in [0.5, 0.6) is 0 Å². The smallest absolute Gasteiger partial charge is 0.0689 e. The summed E-state index contributed by atoms with van der Waals surface area (Å²) in [6, 6.07) is 21.1. The average molecular weight is 402 g/mol. The van der Waals surface area contributed by atoms with Crippen LogP contribution in [0.3, 0.4) is 0 Å². The molecule has 1 heteroatoms. The molecule has 0 spiro atoms. The fourth-order valence-electron chi connectivity index (χ4n) is 5.00. The number of rotatable bonds is 10. The van der Waals surface area contributed by atoms with Crippen molar-refractivity contribution in [3.8, 4) is 17.2 Å². The van der Waals surface area contributed by atoms with Crippen molar-refractivity contribution in [2.45, 2.75) is 96.8 Å². The summed E-state index contributed by atoms with van der Waals surface area (Å²) in [6.07, 6.45) is 14.4. The largest absolute Gasteiger partial charge is 0.198 e. The lowest BCUT2D eigenvalue weighted by molar-refractivity contribution is 0.224. The summed E-state index contributed by atoms with van der Waals surface area (Å²) in [5.41, 5.74) is 5.48. The first-order valence-electron chi connectivity index (χ1n) is 12.3. The van der Waals surface area contributed by atoms with E-state index < -0.39 is 0 Å². The molecule has 0 saturated heterocycles. The average Bonchev–Trinajstić information content (AvgIpc) is 2.81. The minimum Gasteiger partial charge on any atom is -0.198 e. The molecule has 1 saturated carbocycles. The summed E-state index contributed by atoms with van der Waals surface area (Å²) in [5.74, 6) is 0.618. The molecule has 0 heterocycles. The fraction of sp³-hybridized carbons (Fsp3) is 0.552. The van der Waals surface area contributed by atoms with Crippen LogP contribution in [0.1, 0.15) is 102 Å². The van der Waals surface area contributed by atoms with Crippen molar-refractivity contribution >= 4 is 0 Å². The Labute approximate surface area is 184 Å². The van der Waals surface area contributed by atoms with Crippen LogP contribution in [-0.2, 0) is 6.42 Å². The van der Waals surface area contributed by atoms with E-state index in [1.807, 2.05) is 0 Å². The number of nitrogens with zero attached hydrogens (tertiary/aromatic N) is 1. The van der Waals surface area contributed by atoms with Crippen LogP contribution < -0.4 is 0 Å². The van der Waals surface area contributed by atoms with Crippen molar-refractivity contribution in [1.29, 1.82) is 5.26 Å². The highest BCUT2D eigenvalue weighted by atomic mass is 14.4. The molecule has 3 rings (SSSR count). The highest BCUT2D eigenvalue weighted by molar-refractivity contribution is 5.64. The minimum absolute atomic E-state index is 0.0509. The summed E-state index contributed by atoms with van der Waals surface area (Å²) >= 11 is 0. The van der Waals surface area contributed by atoms with Crippen molar-refractivity contribution in [2.75, 3.05) is 0 Å². The van der Waals surface area contributed by atoms with Gasteiger partial charge < -0.3 is 0 Å². The maximum absolute atomic E-state index is 9.73. The summed E-state index contributed by atoms with van der Waals surface area (Å²) in [6.45, 7) is 4.49. The molecule has 0 N–H and O–H groups in total. The van der Waals surface area contributed by atoms with Gasteiger partial charge in [-0.1, -0.05) is 94.5 Å². The van der Waals surface area contributed by atoms with Crippen LogP contribution in [0.15, 0.2) is 48.5 Å². The van der Waals surface area contributed by atoms with Crippen LogP contribution in [0.25, 0.3) is 11.1 Å². The number of unbranched alkanes of at least 4 members (excludes halogenated alkanes) is 4. The zero-order valence-electron chi connectivity index (χ0n) is 19.1. The Morgan fingerprint density at radius 3 is 1.97 bits per heavy atom. The first-order chi connectivity index (χ1) is 14.7. The van der Waals surface area contributed by atoms with Gasteiger partial charge in [-0.2, -0.15) is 5.26 Å². The Balaban J connectivity index is 1.56. The van der Waals surface area contributed by atoms with Crippen LogP contribution in [-0.4, -0.2) is 0 Å². The molecule has 1 aliphatic carbocycles. The molecule has 1 fully saturated rings. The normalized spacial score (nSPS) is 21.3. The number of hydrogen-bond donors (Lipinski definition) is 0. The van der Waals surface area contributed by atoms with Gasteiger partial charge >= 0.3 is 0 Å². The van der Waals surface area contributed by atoms with E-state index in [9.17, 15) is 5.26 Å². The molecule has 2 aromatic rings. The predicted molar refractivity (Wildman–Crippen MR) is 129 cm³/mol. The van der Waals surface area contributed by atoms with Gasteiger partial charge in [-0.3, -0.25) is 0 Å². The molecule has 0 radical (unpaired) electrons. The van der Waals surface area contributed by atoms with Crippen molar-refractivity contribution in [3.63, 3.8) is 0 Å². The van der Waals surface area contributed by atoms with Gasteiger partial charge in [-0.15, -0.1) is 0 Å². The minimum atomic E-state index is -0.0509. The highest BCUT2D eigenvalue weighted by Crippen LogP contribution is 2.45. The molecule has 0 bridgehead atoms. The van der Waals surface area contributed by atoms with E-state index in [2.05, 4.69) is 68.4 Å². The first kappa shape index (κ1) is 22.6. The van der Waals surface area contributed by atoms with Crippen LogP contribution >= 0.6 is 0 Å². The van der Waals surface area contributed by atoms with Gasteiger partial charge in [-0.25, -0.2) is 0 Å². The van der Waals surface area contributed by atoms with Gasteiger partial charge in [-0.05, 0) is 73.1 Å². The van der Waals surface area contributed by atoms with Gasteiger partial charge in [0, 0.05) is 0 Å². The number of benzene rings is 2. The quantitative estimate of drug-likeness (QED) is 0.365. The molecule has 2 aromatic carbocycles. The van der Waals surface area contributed by atoms with E-state index in [1.165, 1.54) is 67.2 Å². The molecule has 1 aliphatic rings. The van der Waals surface area contributed by atoms with E-state index in [-0.39, 0.29) is 5.41 Å². The summed E-state index contributed by atoms with van der Waals surface area (Å²) in [4.78, 5) is 0. The first-order valence-corrected chi connectivity index (χ1v) is 12.3. The molecule has 1 nitrogen and oxygen atoms in total. The van der Waals surface area contributed by atoms with Gasteiger partial charge in [0.05, 0.1) is 11.5 Å². The van der Waals surface area contributed by atoms with Gasteiger partial charge in [0.2, 0.25) is 0 Å². The lowest BCUT2D eigenvalue weighted by Gasteiger charge is -2.35. The maximum Gasteiger partial charge on any atom is 0.0689 e. The zero-order chi connectivity index (χ0) is 21.2. The fourth-order valence-corrected chi connectivity index (χ4v) is 5.00. The zero-order valence-corrected chi connectivity index (χ0v) is 19.1. The van der Waals surface area contributed by atoms with Crippen molar-refractivity contribution in [2.24, 2.45) is 5.41 Å². The topological polar surface area (TPSA) is 23.8 Å². The molecule has 0 unspecified atom stereocenters. The van der Waals surface area contributed by atoms with E-state index in [1.54, 1.807) is 0 Å². The van der Waals surface area contributed by atoms with Gasteiger partial charge in [0.25, 0.3) is 0 Å². The monoisotopic (exact) mass is 401 g/mol. The summed E-state index contributed by atoms with van der Waals surface area (Å²) < 4.78 is 0. The second kappa shape index (κ2) is 11.4. The van der Waals surface area contributed by atoms with Crippen LogP contribution in [0.2, 0.25) is 0 Å². The molecular formula is C29H39N. The van der Waals surface area contributed by atoms with Crippen molar-refractivity contribution in [1.82, 2.24) is 0 Å². The Hall–Kier alpha value is -2.07. The molecule has 0 atom stereocenters. The van der Waals surface area contributed by atoms with E-state index in [0.29, 0.717) is 5.92 Å². The lowest BCUT2D eigenvalue weighted by atomic mass is 9.67. The third-order valence-electron chi connectivity index (χ3n) is 7.18. The Kier molecular flexibility index (Phi) is 8.56. The molecular weight excluding hydrogens is 362 g/mol. The third-order valence-corrected chi connectivity index (χ3v) is 7.18. The number of aryl methyl sites for hydroxylation is 1. The van der Waals surface area contributed by atoms with Crippen LogP contribution in [0, 0.1) is 16.7 Å². The predicted octanol–water partition coefficient (Wildman–Crippen LogP) is 8.83. The Morgan fingerprint density at radius 2 is 1.40 bits per heavy atom. The standard InChI is InChI=1S/C29H39N/c1-3-5-7-8-9-24-10-12-25(13-11-24)26-14-16-27(17-15-26)28-18-21-29(23-30,22-19-28)20-6-4-2/h10-17,28H,3-9,18-22H2,1-2H3. The van der Waals surface area contributed by atoms with E-state index in [0.717, 1.165) is 32.1 Å². The number of hydrogen-bond acceptors (Lipinski definition) is 1. The third kappa shape index (κ3) is 5.98. The lowest BCUT2D eigenvalue weighted by Crippen LogP contribution is -2.25. The second-order valence-corrected chi connectivity index (χ2v) is 9.40. The Bertz CT molecular complexity index is 786. The highest BCUT2D eigenvalue weighted by Gasteiger charge is 2.35. The van der Waals surface area contributed by atoms with Crippen LogP contribution in [0.4, 0.5) is 0 Å². The molecule has 160 valence electrons. The Morgan fingerprint density at radius 1 is 0.800 bits per heavy atom. The second-order valence-electron chi connectivity index (χ2n) is 9.40. The van der Waals surface area contributed by atoms with Gasteiger partial charge in [0.1, 0.15) is 0 Å². The SMILES string of the molecule is CCCCCCc1ccc(-c2ccc(C3CCC(C#N)(CCCC)CC3)cc2)cc1. The van der Waals surface area contributed by atoms with E-state index >= 15 is 0 Å². The van der Waals surface area contributed by atoms with Gasteiger partial charge in [0.15, 0.2) is 0 Å². The maximum atomic E-state index is 9.73. The summed E-state index contributed by atoms with van der Waals surface area (Å²) in [5, 5.41) is 9.73.